The van der Waals surface area contributed by atoms with Crippen LogP contribution in [0.25, 0.3) is 22.2 Å². The average Bonchev–Trinajstić information content (AvgIpc) is 2.89. The Bertz CT molecular complexity index is 778. The molecule has 0 unspecified atom stereocenters. The van der Waals surface area contributed by atoms with Crippen LogP contribution in [0.5, 0.6) is 5.75 Å². The molecule has 3 rings (SSSR count). The topological polar surface area (TPSA) is 58.0 Å². The number of aromatic nitrogens is 3. The van der Waals surface area contributed by atoms with Gasteiger partial charge in [-0.15, -0.1) is 0 Å². The van der Waals surface area contributed by atoms with Crippen molar-refractivity contribution >= 4 is 16.6 Å². The Balaban J connectivity index is 2.40. The predicted octanol–water partition coefficient (Wildman–Crippen LogP) is 2.48. The van der Waals surface area contributed by atoms with Gasteiger partial charge >= 0.3 is 0 Å². The van der Waals surface area contributed by atoms with Crippen molar-refractivity contribution in [2.24, 2.45) is 14.1 Å². The monoisotopic (exact) mass is 270 g/mol. The first-order valence-electron chi connectivity index (χ1n) is 6.45. The number of rotatable bonds is 2. The molecule has 0 amide bonds. The Labute approximate surface area is 117 Å². The largest absolute Gasteiger partial charge is 0.497 e. The van der Waals surface area contributed by atoms with Gasteiger partial charge in [0.15, 0.2) is 0 Å². The lowest BCUT2D eigenvalue weighted by Gasteiger charge is -2.05. The van der Waals surface area contributed by atoms with Crippen LogP contribution >= 0.6 is 0 Å². The lowest BCUT2D eigenvalue weighted by atomic mass is 10.1. The lowest BCUT2D eigenvalue weighted by molar-refractivity contribution is 0.415. The fourth-order valence-electron chi connectivity index (χ4n) is 2.73. The number of anilines is 1. The van der Waals surface area contributed by atoms with Gasteiger partial charge in [0.2, 0.25) is 0 Å². The fourth-order valence-corrected chi connectivity index (χ4v) is 2.73. The first kappa shape index (κ1) is 12.6. The van der Waals surface area contributed by atoms with Crippen LogP contribution < -0.4 is 10.5 Å². The van der Waals surface area contributed by atoms with E-state index in [9.17, 15) is 0 Å². The quantitative estimate of drug-likeness (QED) is 0.778. The molecular formula is C15H18N4O. The minimum Gasteiger partial charge on any atom is -0.497 e. The van der Waals surface area contributed by atoms with Crippen molar-refractivity contribution in [3.05, 3.63) is 30.1 Å². The summed E-state index contributed by atoms with van der Waals surface area (Å²) in [7, 11) is 5.64. The van der Waals surface area contributed by atoms with Crippen molar-refractivity contribution in [1.29, 1.82) is 0 Å². The smallest absolute Gasteiger partial charge is 0.120 e. The van der Waals surface area contributed by atoms with E-state index in [2.05, 4.69) is 22.7 Å². The number of ether oxygens (including phenoxy) is 1. The molecular weight excluding hydrogens is 252 g/mol. The van der Waals surface area contributed by atoms with Gasteiger partial charge in [-0.05, 0) is 19.1 Å². The number of benzene rings is 1. The molecule has 2 heterocycles. The van der Waals surface area contributed by atoms with Crippen LogP contribution in [0.2, 0.25) is 0 Å². The summed E-state index contributed by atoms with van der Waals surface area (Å²) in [5, 5.41) is 5.39. The van der Waals surface area contributed by atoms with Gasteiger partial charge < -0.3 is 15.0 Å². The molecule has 0 aliphatic carbocycles. The van der Waals surface area contributed by atoms with E-state index in [-0.39, 0.29) is 0 Å². The number of hydrogen-bond donors (Lipinski definition) is 1. The third-order valence-electron chi connectivity index (χ3n) is 3.90. The zero-order valence-electron chi connectivity index (χ0n) is 12.1. The summed E-state index contributed by atoms with van der Waals surface area (Å²) < 4.78 is 9.28. The van der Waals surface area contributed by atoms with Gasteiger partial charge in [-0.25, -0.2) is 0 Å². The standard InChI is InChI=1S/C15H18N4O/c1-9-14(15-12(16)8-17-19(15)3)11-6-5-10(20-4)7-13(11)18(9)2/h5-8H,16H2,1-4H3. The number of nitrogens with zero attached hydrogens (tertiary/aromatic N) is 3. The molecule has 0 saturated carbocycles. The molecule has 2 aromatic heterocycles. The minimum atomic E-state index is 0.693. The van der Waals surface area contributed by atoms with Crippen LogP contribution in [0, 0.1) is 6.92 Å². The SMILES string of the molecule is COc1ccc2c(-c3c(N)cnn3C)c(C)n(C)c2c1. The summed E-state index contributed by atoms with van der Waals surface area (Å²) in [4.78, 5) is 0. The normalized spacial score (nSPS) is 11.2. The van der Waals surface area contributed by atoms with Crippen molar-refractivity contribution < 1.29 is 4.74 Å². The van der Waals surface area contributed by atoms with Gasteiger partial charge in [0.05, 0.1) is 30.2 Å². The molecule has 0 bridgehead atoms. The molecule has 0 aliphatic heterocycles. The second-order valence-electron chi connectivity index (χ2n) is 4.97. The molecule has 5 heteroatoms. The van der Waals surface area contributed by atoms with E-state index < -0.39 is 0 Å². The maximum atomic E-state index is 6.08. The number of hydrogen-bond acceptors (Lipinski definition) is 3. The van der Waals surface area contributed by atoms with E-state index >= 15 is 0 Å². The molecule has 0 fully saturated rings. The van der Waals surface area contributed by atoms with E-state index in [1.54, 1.807) is 13.3 Å². The predicted molar refractivity (Wildman–Crippen MR) is 80.8 cm³/mol. The van der Waals surface area contributed by atoms with E-state index in [4.69, 9.17) is 10.5 Å². The number of nitrogens with two attached hydrogens (primary N) is 1. The highest BCUT2D eigenvalue weighted by atomic mass is 16.5. The van der Waals surface area contributed by atoms with Crippen molar-refractivity contribution in [2.75, 3.05) is 12.8 Å². The minimum absolute atomic E-state index is 0.693. The van der Waals surface area contributed by atoms with Gasteiger partial charge in [-0.2, -0.15) is 5.10 Å². The van der Waals surface area contributed by atoms with Gasteiger partial charge in [0.1, 0.15) is 5.75 Å². The molecule has 0 spiro atoms. The molecule has 20 heavy (non-hydrogen) atoms. The van der Waals surface area contributed by atoms with Crippen LogP contribution in [0.4, 0.5) is 5.69 Å². The Kier molecular flexibility index (Phi) is 2.71. The Morgan fingerprint density at radius 1 is 1.25 bits per heavy atom. The van der Waals surface area contributed by atoms with Gasteiger partial charge in [-0.3, -0.25) is 4.68 Å². The summed E-state index contributed by atoms with van der Waals surface area (Å²) in [6, 6.07) is 6.08. The van der Waals surface area contributed by atoms with Gasteiger partial charge in [0, 0.05) is 36.8 Å². The van der Waals surface area contributed by atoms with Crippen molar-refractivity contribution in [1.82, 2.24) is 14.3 Å². The number of aryl methyl sites for hydroxylation is 2. The summed E-state index contributed by atoms with van der Waals surface area (Å²) in [5.41, 5.74) is 11.1. The fraction of sp³-hybridized carbons (Fsp3) is 0.267. The molecule has 5 nitrogen and oxygen atoms in total. The van der Waals surface area contributed by atoms with Crippen LogP contribution in [0.15, 0.2) is 24.4 Å². The van der Waals surface area contributed by atoms with Crippen LogP contribution in [0.1, 0.15) is 5.69 Å². The Morgan fingerprint density at radius 3 is 2.60 bits per heavy atom. The van der Waals surface area contributed by atoms with Gasteiger partial charge in [0.25, 0.3) is 0 Å². The van der Waals surface area contributed by atoms with Crippen LogP contribution in [-0.4, -0.2) is 21.5 Å². The lowest BCUT2D eigenvalue weighted by Crippen LogP contribution is -1.98. The van der Waals surface area contributed by atoms with Crippen LogP contribution in [0.3, 0.4) is 0 Å². The van der Waals surface area contributed by atoms with E-state index in [0.29, 0.717) is 5.69 Å². The average molecular weight is 270 g/mol. The van der Waals surface area contributed by atoms with Gasteiger partial charge in [-0.1, -0.05) is 0 Å². The summed E-state index contributed by atoms with van der Waals surface area (Å²) >= 11 is 0. The van der Waals surface area contributed by atoms with E-state index in [1.165, 1.54) is 0 Å². The number of fused-ring (bicyclic) bond motifs is 1. The molecule has 0 saturated heterocycles. The molecule has 0 atom stereocenters. The summed E-state index contributed by atoms with van der Waals surface area (Å²) in [5.74, 6) is 0.850. The van der Waals surface area contributed by atoms with Crippen molar-refractivity contribution in [3.8, 4) is 17.0 Å². The zero-order valence-corrected chi connectivity index (χ0v) is 12.1. The Morgan fingerprint density at radius 2 is 2.00 bits per heavy atom. The molecule has 104 valence electrons. The number of methoxy groups -OCH3 is 1. The maximum Gasteiger partial charge on any atom is 0.120 e. The molecule has 0 radical (unpaired) electrons. The maximum absolute atomic E-state index is 6.08. The van der Waals surface area contributed by atoms with E-state index in [1.807, 2.05) is 30.9 Å². The highest BCUT2D eigenvalue weighted by Gasteiger charge is 2.19. The molecule has 3 aromatic rings. The van der Waals surface area contributed by atoms with Crippen LogP contribution in [-0.2, 0) is 14.1 Å². The molecule has 2 N–H and O–H groups in total. The summed E-state index contributed by atoms with van der Waals surface area (Å²) in [6.45, 7) is 2.09. The molecule has 1 aromatic carbocycles. The second-order valence-corrected chi connectivity index (χ2v) is 4.97. The summed E-state index contributed by atoms with van der Waals surface area (Å²) in [6.07, 6.45) is 1.69. The molecule has 0 aliphatic rings. The first-order valence-corrected chi connectivity index (χ1v) is 6.45. The third-order valence-corrected chi connectivity index (χ3v) is 3.90. The van der Waals surface area contributed by atoms with E-state index in [0.717, 1.165) is 33.6 Å². The van der Waals surface area contributed by atoms with Crippen molar-refractivity contribution in [3.63, 3.8) is 0 Å². The zero-order chi connectivity index (χ0) is 14.4. The number of nitrogen functional groups attached to an aromatic ring is 1. The highest BCUT2D eigenvalue weighted by Crippen LogP contribution is 2.37. The highest BCUT2D eigenvalue weighted by molar-refractivity contribution is 6.00. The first-order chi connectivity index (χ1) is 9.54. The second kappa shape index (κ2) is 4.30. The van der Waals surface area contributed by atoms with Crippen molar-refractivity contribution in [2.45, 2.75) is 6.92 Å². The Hall–Kier alpha value is -2.43. The third kappa shape index (κ3) is 1.59.